The number of piperidine rings is 1. The lowest BCUT2D eigenvalue weighted by molar-refractivity contribution is -0.160. The highest BCUT2D eigenvalue weighted by atomic mass is 16.5. The second kappa shape index (κ2) is 8.88. The zero-order valence-corrected chi connectivity index (χ0v) is 19.6. The van der Waals surface area contributed by atoms with Gasteiger partial charge >= 0.3 is 0 Å². The van der Waals surface area contributed by atoms with Crippen LogP contribution in [0.2, 0.25) is 0 Å². The van der Waals surface area contributed by atoms with Crippen LogP contribution in [0.4, 0.5) is 0 Å². The summed E-state index contributed by atoms with van der Waals surface area (Å²) >= 11 is 0. The molecule has 3 aliphatic heterocycles. The van der Waals surface area contributed by atoms with E-state index in [2.05, 4.69) is 58.1 Å². The van der Waals surface area contributed by atoms with Gasteiger partial charge in [-0.2, -0.15) is 0 Å². The van der Waals surface area contributed by atoms with Crippen molar-refractivity contribution in [3.8, 4) is 11.5 Å². The van der Waals surface area contributed by atoms with Crippen LogP contribution in [-0.4, -0.2) is 45.4 Å². The molecular formula is C29H31N3O2. The van der Waals surface area contributed by atoms with Gasteiger partial charge in [-0.1, -0.05) is 36.4 Å². The number of ether oxygens (including phenoxy) is 1. The molecule has 1 amide bonds. The first-order valence-corrected chi connectivity index (χ1v) is 12.5. The SMILES string of the molecule is C[C@H]1Cc2ccccc2[C@@H]2C3CCC[C@@H](C(=O)N21)N3CCc1ccc(Oc2ccncc2)cc1. The Morgan fingerprint density at radius 2 is 1.74 bits per heavy atom. The van der Waals surface area contributed by atoms with E-state index in [1.807, 2.05) is 24.3 Å². The van der Waals surface area contributed by atoms with Crippen LogP contribution in [0.15, 0.2) is 73.1 Å². The molecule has 0 radical (unpaired) electrons. The maximum absolute atomic E-state index is 13.7. The molecule has 4 atom stereocenters. The average Bonchev–Trinajstić information content (AvgIpc) is 2.87. The van der Waals surface area contributed by atoms with Gasteiger partial charge < -0.3 is 9.64 Å². The number of amides is 1. The summed E-state index contributed by atoms with van der Waals surface area (Å²) < 4.78 is 5.90. The number of hydrogen-bond acceptors (Lipinski definition) is 4. The summed E-state index contributed by atoms with van der Waals surface area (Å²) in [6.45, 7) is 3.13. The topological polar surface area (TPSA) is 45.7 Å². The van der Waals surface area contributed by atoms with Crippen molar-refractivity contribution in [2.45, 2.75) is 63.2 Å². The van der Waals surface area contributed by atoms with E-state index in [9.17, 15) is 4.79 Å². The number of benzene rings is 2. The second-order valence-electron chi connectivity index (χ2n) is 9.87. The predicted octanol–water partition coefficient (Wildman–Crippen LogP) is 5.17. The van der Waals surface area contributed by atoms with E-state index < -0.39 is 0 Å². The van der Waals surface area contributed by atoms with E-state index in [4.69, 9.17) is 4.74 Å². The Hall–Kier alpha value is -3.18. The minimum Gasteiger partial charge on any atom is -0.457 e. The van der Waals surface area contributed by atoms with Gasteiger partial charge in [0.05, 0.1) is 12.1 Å². The molecule has 5 heteroatoms. The summed E-state index contributed by atoms with van der Waals surface area (Å²) in [5.74, 6) is 1.95. The highest BCUT2D eigenvalue weighted by molar-refractivity contribution is 5.84. The number of carbonyl (C=O) groups excluding carboxylic acids is 1. The Bertz CT molecular complexity index is 1160. The van der Waals surface area contributed by atoms with Crippen molar-refractivity contribution < 1.29 is 9.53 Å². The first kappa shape index (κ1) is 21.4. The number of aromatic nitrogens is 1. The Kier molecular flexibility index (Phi) is 5.58. The Morgan fingerprint density at radius 1 is 0.971 bits per heavy atom. The quantitative estimate of drug-likeness (QED) is 0.535. The lowest BCUT2D eigenvalue weighted by Gasteiger charge is -2.57. The molecule has 0 saturated carbocycles. The molecule has 174 valence electrons. The highest BCUT2D eigenvalue weighted by Crippen LogP contribution is 2.45. The minimum absolute atomic E-state index is 0.0250. The molecule has 34 heavy (non-hydrogen) atoms. The lowest BCUT2D eigenvalue weighted by Crippen LogP contribution is -2.67. The van der Waals surface area contributed by atoms with Crippen molar-refractivity contribution in [1.29, 1.82) is 0 Å². The fourth-order valence-electron chi connectivity index (χ4n) is 6.30. The summed E-state index contributed by atoms with van der Waals surface area (Å²) in [6, 6.07) is 21.7. The van der Waals surface area contributed by atoms with Crippen LogP contribution >= 0.6 is 0 Å². The molecule has 0 N–H and O–H groups in total. The molecule has 4 heterocycles. The first-order chi connectivity index (χ1) is 16.7. The summed E-state index contributed by atoms with van der Waals surface area (Å²) in [6.07, 6.45) is 8.63. The van der Waals surface area contributed by atoms with Crippen LogP contribution in [0.1, 0.15) is 48.9 Å². The number of piperazine rings is 1. The summed E-state index contributed by atoms with van der Waals surface area (Å²) in [5.41, 5.74) is 4.05. The molecule has 6 rings (SSSR count). The molecule has 3 aromatic rings. The summed E-state index contributed by atoms with van der Waals surface area (Å²) in [4.78, 5) is 22.5. The average molecular weight is 454 g/mol. The molecule has 0 spiro atoms. The number of hydrogen-bond donors (Lipinski definition) is 0. The van der Waals surface area contributed by atoms with E-state index >= 15 is 0 Å². The largest absolute Gasteiger partial charge is 0.457 e. The van der Waals surface area contributed by atoms with Gasteiger partial charge in [-0.15, -0.1) is 0 Å². The second-order valence-corrected chi connectivity index (χ2v) is 9.87. The fraction of sp³-hybridized carbons (Fsp3) is 0.379. The maximum Gasteiger partial charge on any atom is 0.240 e. The highest BCUT2D eigenvalue weighted by Gasteiger charge is 2.51. The molecule has 0 aliphatic carbocycles. The van der Waals surface area contributed by atoms with E-state index in [0.717, 1.165) is 50.1 Å². The van der Waals surface area contributed by atoms with Gasteiger partial charge in [0.1, 0.15) is 11.5 Å². The zero-order chi connectivity index (χ0) is 23.1. The summed E-state index contributed by atoms with van der Waals surface area (Å²) in [5, 5.41) is 0. The monoisotopic (exact) mass is 453 g/mol. The van der Waals surface area contributed by atoms with Crippen molar-refractivity contribution in [2.24, 2.45) is 0 Å². The van der Waals surface area contributed by atoms with E-state index in [-0.39, 0.29) is 18.1 Å². The normalized spacial score (nSPS) is 26.0. The molecule has 2 fully saturated rings. The molecule has 2 aromatic carbocycles. The third-order valence-electron chi connectivity index (χ3n) is 7.84. The van der Waals surface area contributed by atoms with Crippen molar-refractivity contribution >= 4 is 5.91 Å². The number of carbonyl (C=O) groups is 1. The fourth-order valence-corrected chi connectivity index (χ4v) is 6.30. The van der Waals surface area contributed by atoms with Crippen molar-refractivity contribution in [3.63, 3.8) is 0 Å². The van der Waals surface area contributed by atoms with Crippen LogP contribution in [0, 0.1) is 0 Å². The van der Waals surface area contributed by atoms with Crippen LogP contribution in [-0.2, 0) is 17.6 Å². The van der Waals surface area contributed by atoms with E-state index in [0.29, 0.717) is 11.9 Å². The molecular weight excluding hydrogens is 422 g/mol. The standard InChI is InChI=1S/C29H31N3O2/c1-20-19-22-5-2-3-6-25(22)28-26-7-4-8-27(29(33)32(20)28)31(26)18-15-21-9-11-23(12-10-21)34-24-13-16-30-17-14-24/h2-3,5-6,9-14,16-17,20,26-28H,4,7-8,15,18-19H2,1H3/t20-,26?,27-,28+/m0/s1. The molecule has 1 aromatic heterocycles. The van der Waals surface area contributed by atoms with Crippen molar-refractivity contribution in [2.75, 3.05) is 6.54 Å². The van der Waals surface area contributed by atoms with Gasteiger partial charge in [-0.3, -0.25) is 14.7 Å². The number of rotatable bonds is 5. The predicted molar refractivity (Wildman–Crippen MR) is 132 cm³/mol. The molecule has 2 saturated heterocycles. The van der Waals surface area contributed by atoms with Gasteiger partial charge in [0.15, 0.2) is 0 Å². The molecule has 1 unspecified atom stereocenters. The maximum atomic E-state index is 13.7. The zero-order valence-electron chi connectivity index (χ0n) is 19.6. The van der Waals surface area contributed by atoms with Crippen molar-refractivity contribution in [1.82, 2.24) is 14.8 Å². The van der Waals surface area contributed by atoms with E-state index in [1.54, 1.807) is 12.4 Å². The van der Waals surface area contributed by atoms with Crippen LogP contribution in [0.5, 0.6) is 11.5 Å². The van der Waals surface area contributed by atoms with Crippen molar-refractivity contribution in [3.05, 3.63) is 89.7 Å². The van der Waals surface area contributed by atoms with Crippen LogP contribution < -0.4 is 4.74 Å². The molecule has 5 nitrogen and oxygen atoms in total. The van der Waals surface area contributed by atoms with Gasteiger partial charge in [0.2, 0.25) is 5.91 Å². The number of fused-ring (bicyclic) bond motifs is 6. The van der Waals surface area contributed by atoms with Gasteiger partial charge in [0.25, 0.3) is 0 Å². The van der Waals surface area contributed by atoms with Crippen LogP contribution in [0.25, 0.3) is 0 Å². The first-order valence-electron chi connectivity index (χ1n) is 12.5. The van der Waals surface area contributed by atoms with Gasteiger partial charge in [-0.25, -0.2) is 0 Å². The Morgan fingerprint density at radius 3 is 2.56 bits per heavy atom. The van der Waals surface area contributed by atoms with Crippen LogP contribution in [0.3, 0.4) is 0 Å². The number of nitrogens with zero attached hydrogens (tertiary/aromatic N) is 3. The Labute approximate surface area is 201 Å². The Balaban J connectivity index is 1.20. The number of pyridine rings is 1. The lowest BCUT2D eigenvalue weighted by atomic mass is 9.76. The third-order valence-corrected chi connectivity index (χ3v) is 7.84. The minimum atomic E-state index is 0.0250. The third kappa shape index (κ3) is 3.78. The van der Waals surface area contributed by atoms with E-state index in [1.165, 1.54) is 16.7 Å². The van der Waals surface area contributed by atoms with Gasteiger partial charge in [0, 0.05) is 31.0 Å². The molecule has 3 aliphatic rings. The smallest absolute Gasteiger partial charge is 0.240 e. The van der Waals surface area contributed by atoms with Gasteiger partial charge in [-0.05, 0) is 80.0 Å². The summed E-state index contributed by atoms with van der Waals surface area (Å²) in [7, 11) is 0. The molecule has 2 bridgehead atoms.